The predicted octanol–water partition coefficient (Wildman–Crippen LogP) is 3.80. The molecule has 3 aromatic rings. The molecule has 1 heterocycles. The van der Waals surface area contributed by atoms with Crippen LogP contribution >= 0.6 is 11.8 Å². The van der Waals surface area contributed by atoms with Crippen LogP contribution in [0.5, 0.6) is 5.75 Å². The van der Waals surface area contributed by atoms with Crippen LogP contribution < -0.4 is 10.1 Å². The van der Waals surface area contributed by atoms with E-state index in [0.29, 0.717) is 23.2 Å². The highest BCUT2D eigenvalue weighted by molar-refractivity contribution is 8.00. The third-order valence-electron chi connectivity index (χ3n) is 4.27. The summed E-state index contributed by atoms with van der Waals surface area (Å²) in [5, 5.41) is 15.0. The van der Waals surface area contributed by atoms with Crippen LogP contribution in [0.25, 0.3) is 5.69 Å². The van der Waals surface area contributed by atoms with E-state index in [9.17, 15) is 4.79 Å². The number of hydrogen-bond donors (Lipinski definition) is 1. The number of rotatable bonds is 7. The standard InChI is InChI=1S/C20H23N5O2S/c1-5-27-18-9-7-6-8-17(18)21-19(26)15(4)28-20-22-23-24-25(20)16-11-10-13(2)14(3)12-16/h6-12,15H,5H2,1-4H3,(H,21,26). The van der Waals surface area contributed by atoms with Gasteiger partial charge in [0.15, 0.2) is 0 Å². The summed E-state index contributed by atoms with van der Waals surface area (Å²) in [6.07, 6.45) is 0. The molecule has 0 spiro atoms. The summed E-state index contributed by atoms with van der Waals surface area (Å²) < 4.78 is 7.21. The maximum Gasteiger partial charge on any atom is 0.237 e. The number of aromatic nitrogens is 4. The van der Waals surface area contributed by atoms with E-state index in [1.54, 1.807) is 4.68 Å². The largest absolute Gasteiger partial charge is 0.492 e. The molecule has 1 amide bonds. The van der Waals surface area contributed by atoms with Gasteiger partial charge in [0, 0.05) is 0 Å². The highest BCUT2D eigenvalue weighted by Crippen LogP contribution is 2.27. The molecule has 8 heteroatoms. The molecule has 1 aromatic heterocycles. The van der Waals surface area contributed by atoms with Crippen LogP contribution in [0.1, 0.15) is 25.0 Å². The van der Waals surface area contributed by atoms with Gasteiger partial charge in [-0.2, -0.15) is 4.68 Å². The number of aryl methyl sites for hydroxylation is 2. The lowest BCUT2D eigenvalue weighted by molar-refractivity contribution is -0.115. The van der Waals surface area contributed by atoms with Crippen molar-refractivity contribution >= 4 is 23.4 Å². The number of nitrogens with zero attached hydrogens (tertiary/aromatic N) is 4. The second kappa shape index (κ2) is 8.88. The molecule has 1 N–H and O–H groups in total. The molecule has 0 saturated heterocycles. The number of carbonyl (C=O) groups is 1. The van der Waals surface area contributed by atoms with E-state index < -0.39 is 5.25 Å². The number of amides is 1. The van der Waals surface area contributed by atoms with Gasteiger partial charge in [-0.15, -0.1) is 5.10 Å². The van der Waals surface area contributed by atoms with Crippen LogP contribution in [-0.4, -0.2) is 38.0 Å². The van der Waals surface area contributed by atoms with Crippen molar-refractivity contribution in [3.05, 3.63) is 53.6 Å². The Morgan fingerprint density at radius 3 is 2.75 bits per heavy atom. The average Bonchev–Trinajstić information content (AvgIpc) is 3.13. The van der Waals surface area contributed by atoms with Gasteiger partial charge < -0.3 is 10.1 Å². The minimum atomic E-state index is -0.397. The van der Waals surface area contributed by atoms with E-state index in [1.807, 2.05) is 63.2 Å². The fraction of sp³-hybridized carbons (Fsp3) is 0.300. The van der Waals surface area contributed by atoms with Gasteiger partial charge in [0.25, 0.3) is 0 Å². The van der Waals surface area contributed by atoms with Crippen LogP contribution in [0, 0.1) is 13.8 Å². The van der Waals surface area contributed by atoms with Crippen molar-refractivity contribution in [1.82, 2.24) is 20.2 Å². The highest BCUT2D eigenvalue weighted by atomic mass is 32.2. The van der Waals surface area contributed by atoms with Gasteiger partial charge in [-0.25, -0.2) is 0 Å². The first-order chi connectivity index (χ1) is 13.5. The predicted molar refractivity (Wildman–Crippen MR) is 110 cm³/mol. The van der Waals surface area contributed by atoms with Gasteiger partial charge in [0.2, 0.25) is 11.1 Å². The van der Waals surface area contributed by atoms with Crippen molar-refractivity contribution in [2.24, 2.45) is 0 Å². The van der Waals surface area contributed by atoms with E-state index in [-0.39, 0.29) is 5.91 Å². The maximum atomic E-state index is 12.7. The first-order valence-corrected chi connectivity index (χ1v) is 9.93. The minimum Gasteiger partial charge on any atom is -0.492 e. The van der Waals surface area contributed by atoms with Crippen molar-refractivity contribution in [2.75, 3.05) is 11.9 Å². The third kappa shape index (κ3) is 4.51. The Bertz CT molecular complexity index is 973. The Morgan fingerprint density at radius 2 is 2.00 bits per heavy atom. The van der Waals surface area contributed by atoms with Gasteiger partial charge in [0.05, 0.1) is 23.2 Å². The lowest BCUT2D eigenvalue weighted by Crippen LogP contribution is -2.23. The molecule has 7 nitrogen and oxygen atoms in total. The van der Waals surface area contributed by atoms with Crippen molar-refractivity contribution < 1.29 is 9.53 Å². The summed E-state index contributed by atoms with van der Waals surface area (Å²) in [5.41, 5.74) is 3.87. The molecule has 2 aromatic carbocycles. The number of anilines is 1. The maximum absolute atomic E-state index is 12.7. The van der Waals surface area contributed by atoms with Gasteiger partial charge in [-0.1, -0.05) is 30.0 Å². The summed E-state index contributed by atoms with van der Waals surface area (Å²) in [6.45, 7) is 8.36. The van der Waals surface area contributed by atoms with Crippen LogP contribution in [-0.2, 0) is 4.79 Å². The Kier molecular flexibility index (Phi) is 6.30. The van der Waals surface area contributed by atoms with Crippen LogP contribution in [0.4, 0.5) is 5.69 Å². The molecule has 0 saturated carbocycles. The highest BCUT2D eigenvalue weighted by Gasteiger charge is 2.20. The number of carbonyl (C=O) groups excluding carboxylic acids is 1. The molecule has 0 aliphatic heterocycles. The second-order valence-corrected chi connectivity index (χ2v) is 7.63. The number of tetrazole rings is 1. The van der Waals surface area contributed by atoms with E-state index >= 15 is 0 Å². The minimum absolute atomic E-state index is 0.146. The second-order valence-electron chi connectivity index (χ2n) is 6.32. The molecule has 0 radical (unpaired) electrons. The number of para-hydroxylation sites is 2. The van der Waals surface area contributed by atoms with Gasteiger partial charge in [0.1, 0.15) is 5.75 Å². The lowest BCUT2D eigenvalue weighted by Gasteiger charge is -2.14. The van der Waals surface area contributed by atoms with E-state index in [0.717, 1.165) is 11.3 Å². The van der Waals surface area contributed by atoms with Crippen molar-refractivity contribution in [3.63, 3.8) is 0 Å². The number of hydrogen-bond acceptors (Lipinski definition) is 6. The Balaban J connectivity index is 1.73. The molecular weight excluding hydrogens is 374 g/mol. The van der Waals surface area contributed by atoms with Crippen LogP contribution in [0.15, 0.2) is 47.6 Å². The fourth-order valence-electron chi connectivity index (χ4n) is 2.57. The SMILES string of the molecule is CCOc1ccccc1NC(=O)C(C)Sc1nnnn1-c1ccc(C)c(C)c1. The quantitative estimate of drug-likeness (QED) is 0.611. The number of benzene rings is 2. The Labute approximate surface area is 168 Å². The summed E-state index contributed by atoms with van der Waals surface area (Å²) in [6, 6.07) is 13.4. The number of nitrogens with one attached hydrogen (secondary N) is 1. The molecule has 3 rings (SSSR count). The molecule has 0 aliphatic rings. The molecule has 1 atom stereocenters. The lowest BCUT2D eigenvalue weighted by atomic mass is 10.1. The van der Waals surface area contributed by atoms with Gasteiger partial charge in [-0.05, 0) is 73.5 Å². The van der Waals surface area contributed by atoms with Crippen molar-refractivity contribution in [3.8, 4) is 11.4 Å². The van der Waals surface area contributed by atoms with E-state index in [4.69, 9.17) is 4.74 Å². The average molecular weight is 398 g/mol. The topological polar surface area (TPSA) is 81.9 Å². The first-order valence-electron chi connectivity index (χ1n) is 9.05. The molecule has 0 aliphatic carbocycles. The Hall–Kier alpha value is -2.87. The molecule has 28 heavy (non-hydrogen) atoms. The molecular formula is C20H23N5O2S. The smallest absolute Gasteiger partial charge is 0.237 e. The molecule has 0 bridgehead atoms. The zero-order valence-electron chi connectivity index (χ0n) is 16.3. The normalized spacial score (nSPS) is 11.9. The number of ether oxygens (including phenoxy) is 1. The molecule has 1 unspecified atom stereocenters. The Morgan fingerprint density at radius 1 is 1.21 bits per heavy atom. The third-order valence-corrected chi connectivity index (χ3v) is 5.31. The molecule has 146 valence electrons. The summed E-state index contributed by atoms with van der Waals surface area (Å²) in [4.78, 5) is 12.7. The van der Waals surface area contributed by atoms with Crippen LogP contribution in [0.3, 0.4) is 0 Å². The van der Waals surface area contributed by atoms with Crippen LogP contribution in [0.2, 0.25) is 0 Å². The van der Waals surface area contributed by atoms with Crippen molar-refractivity contribution in [1.29, 1.82) is 0 Å². The fourth-order valence-corrected chi connectivity index (χ4v) is 3.38. The van der Waals surface area contributed by atoms with E-state index in [2.05, 4.69) is 27.8 Å². The first kappa shape index (κ1) is 19.9. The summed E-state index contributed by atoms with van der Waals surface area (Å²) in [7, 11) is 0. The summed E-state index contributed by atoms with van der Waals surface area (Å²) in [5.74, 6) is 0.502. The summed E-state index contributed by atoms with van der Waals surface area (Å²) >= 11 is 1.30. The van der Waals surface area contributed by atoms with E-state index in [1.165, 1.54) is 17.3 Å². The number of thioether (sulfide) groups is 1. The zero-order valence-corrected chi connectivity index (χ0v) is 17.2. The van der Waals surface area contributed by atoms with Crippen molar-refractivity contribution in [2.45, 2.75) is 38.1 Å². The van der Waals surface area contributed by atoms with Gasteiger partial charge in [-0.3, -0.25) is 4.79 Å². The zero-order chi connectivity index (χ0) is 20.1. The van der Waals surface area contributed by atoms with Gasteiger partial charge >= 0.3 is 0 Å². The molecule has 0 fully saturated rings. The monoisotopic (exact) mass is 397 g/mol.